The van der Waals surface area contributed by atoms with E-state index in [0.717, 1.165) is 91.5 Å². The molecule has 2 fully saturated rings. The molecule has 0 unspecified atom stereocenters. The number of hydrogen-bond acceptors (Lipinski definition) is 8. The Labute approximate surface area is 205 Å². The van der Waals surface area contributed by atoms with Crippen molar-refractivity contribution < 1.29 is 19.0 Å². The van der Waals surface area contributed by atoms with E-state index in [1.54, 1.807) is 11.8 Å². The second kappa shape index (κ2) is 10.9. The molecule has 0 radical (unpaired) electrons. The van der Waals surface area contributed by atoms with Crippen LogP contribution in [0.3, 0.4) is 0 Å². The number of hydrogen-bond donors (Lipinski definition) is 0. The van der Waals surface area contributed by atoms with Gasteiger partial charge >= 0.3 is 0 Å². The molecule has 1 aromatic carbocycles. The molecule has 0 bridgehead atoms. The minimum atomic E-state index is 0.149. The molecular formula is C25H32N4O4S. The van der Waals surface area contributed by atoms with E-state index in [-0.39, 0.29) is 18.6 Å². The lowest BCUT2D eigenvalue weighted by atomic mass is 9.92. The Balaban J connectivity index is 1.18. The number of nitrogens with zero attached hydrogens (tertiary/aromatic N) is 4. The first-order chi connectivity index (χ1) is 16.7. The molecule has 4 heterocycles. The van der Waals surface area contributed by atoms with E-state index < -0.39 is 0 Å². The van der Waals surface area contributed by atoms with Crippen LogP contribution in [-0.2, 0) is 16.0 Å². The quantitative estimate of drug-likeness (QED) is 0.439. The van der Waals surface area contributed by atoms with Crippen LogP contribution in [0.25, 0.3) is 0 Å². The molecule has 2 saturated heterocycles. The number of carbonyl (C=O) groups is 1. The largest absolute Gasteiger partial charge is 0.454 e. The molecule has 2 aromatic rings. The smallest absolute Gasteiger partial charge is 0.231 e. The number of thioether (sulfide) groups is 1. The number of ether oxygens (including phenoxy) is 3. The number of aromatic nitrogens is 2. The summed E-state index contributed by atoms with van der Waals surface area (Å²) in [6.07, 6.45) is 4.34. The maximum absolute atomic E-state index is 13.1. The number of amides is 1. The van der Waals surface area contributed by atoms with Crippen LogP contribution in [-0.4, -0.2) is 84.2 Å². The van der Waals surface area contributed by atoms with Crippen molar-refractivity contribution in [3.63, 3.8) is 0 Å². The Hall–Kier alpha value is -2.36. The summed E-state index contributed by atoms with van der Waals surface area (Å²) >= 11 is 1.71. The highest BCUT2D eigenvalue weighted by molar-refractivity contribution is 7.99. The van der Waals surface area contributed by atoms with E-state index in [1.165, 1.54) is 0 Å². The second-order valence-corrected chi connectivity index (χ2v) is 10.1. The molecule has 9 heteroatoms. The van der Waals surface area contributed by atoms with Gasteiger partial charge < -0.3 is 19.1 Å². The van der Waals surface area contributed by atoms with E-state index in [9.17, 15) is 4.79 Å². The van der Waals surface area contributed by atoms with Crippen molar-refractivity contribution in [2.24, 2.45) is 0 Å². The fourth-order valence-corrected chi connectivity index (χ4v) is 5.60. The van der Waals surface area contributed by atoms with Gasteiger partial charge in [0.1, 0.15) is 0 Å². The van der Waals surface area contributed by atoms with Crippen LogP contribution in [0, 0.1) is 6.92 Å². The molecule has 0 spiro atoms. The van der Waals surface area contributed by atoms with Crippen molar-refractivity contribution in [1.82, 2.24) is 19.8 Å². The lowest BCUT2D eigenvalue weighted by Gasteiger charge is -2.33. The van der Waals surface area contributed by atoms with Gasteiger partial charge in [0.2, 0.25) is 12.7 Å². The zero-order valence-electron chi connectivity index (χ0n) is 19.7. The molecule has 0 saturated carbocycles. The van der Waals surface area contributed by atoms with Crippen molar-refractivity contribution in [2.75, 3.05) is 58.5 Å². The normalized spacial score (nSPS) is 20.5. The van der Waals surface area contributed by atoms with E-state index in [4.69, 9.17) is 19.2 Å². The van der Waals surface area contributed by atoms with E-state index in [2.05, 4.69) is 16.8 Å². The van der Waals surface area contributed by atoms with Gasteiger partial charge in [0.05, 0.1) is 25.3 Å². The minimum Gasteiger partial charge on any atom is -0.454 e. The third kappa shape index (κ3) is 5.64. The summed E-state index contributed by atoms with van der Waals surface area (Å²) in [7, 11) is 0. The van der Waals surface area contributed by atoms with E-state index in [0.29, 0.717) is 13.0 Å². The molecule has 1 atom stereocenters. The van der Waals surface area contributed by atoms with Gasteiger partial charge in [-0.3, -0.25) is 9.69 Å². The summed E-state index contributed by atoms with van der Waals surface area (Å²) in [5, 5.41) is 0.831. The molecule has 1 amide bonds. The third-order valence-corrected chi connectivity index (χ3v) is 7.53. The Morgan fingerprint density at radius 3 is 2.91 bits per heavy atom. The van der Waals surface area contributed by atoms with E-state index >= 15 is 0 Å². The first-order valence-electron chi connectivity index (χ1n) is 12.1. The van der Waals surface area contributed by atoms with Gasteiger partial charge in [-0.2, -0.15) is 0 Å². The molecule has 1 aromatic heterocycles. The first-order valence-corrected chi connectivity index (χ1v) is 13.1. The van der Waals surface area contributed by atoms with Crippen molar-refractivity contribution in [2.45, 2.75) is 37.3 Å². The molecule has 34 heavy (non-hydrogen) atoms. The molecule has 3 aliphatic heterocycles. The third-order valence-electron chi connectivity index (χ3n) is 6.68. The molecular weight excluding hydrogens is 452 g/mol. The molecule has 5 rings (SSSR count). The lowest BCUT2D eigenvalue weighted by Crippen LogP contribution is -2.40. The molecule has 182 valence electrons. The van der Waals surface area contributed by atoms with Gasteiger partial charge in [0, 0.05) is 50.6 Å². The summed E-state index contributed by atoms with van der Waals surface area (Å²) < 4.78 is 16.3. The maximum atomic E-state index is 13.1. The van der Waals surface area contributed by atoms with Crippen LogP contribution in [0.4, 0.5) is 0 Å². The summed E-state index contributed by atoms with van der Waals surface area (Å²) in [6.45, 7) is 8.48. The second-order valence-electron chi connectivity index (χ2n) is 9.07. The molecule has 0 aliphatic carbocycles. The highest BCUT2D eigenvalue weighted by Gasteiger charge is 2.27. The number of piperidine rings is 1. The van der Waals surface area contributed by atoms with Gasteiger partial charge in [0.25, 0.3) is 0 Å². The van der Waals surface area contributed by atoms with Gasteiger partial charge in [-0.25, -0.2) is 9.97 Å². The number of rotatable bonds is 7. The monoisotopic (exact) mass is 484 g/mol. The molecule has 0 N–H and O–H groups in total. The summed E-state index contributed by atoms with van der Waals surface area (Å²) in [4.78, 5) is 27.0. The summed E-state index contributed by atoms with van der Waals surface area (Å²) in [5.74, 6) is 2.82. The predicted molar refractivity (Wildman–Crippen MR) is 130 cm³/mol. The number of fused-ring (bicyclic) bond motifs is 1. The number of morpholine rings is 1. The zero-order valence-corrected chi connectivity index (χ0v) is 20.5. The highest BCUT2D eigenvalue weighted by atomic mass is 32.2. The van der Waals surface area contributed by atoms with Crippen LogP contribution >= 0.6 is 11.8 Å². The molecule has 8 nitrogen and oxygen atoms in total. The Morgan fingerprint density at radius 1 is 1.18 bits per heavy atom. The number of aryl methyl sites for hydroxylation is 1. The van der Waals surface area contributed by atoms with Gasteiger partial charge in [-0.1, -0.05) is 17.8 Å². The highest BCUT2D eigenvalue weighted by Crippen LogP contribution is 2.33. The number of likely N-dealkylation sites (tertiary alicyclic amines) is 1. The Morgan fingerprint density at radius 2 is 2.03 bits per heavy atom. The fraction of sp³-hybridized carbons (Fsp3) is 0.560. The summed E-state index contributed by atoms with van der Waals surface area (Å²) in [5.41, 5.74) is 3.14. The fourth-order valence-electron chi connectivity index (χ4n) is 4.78. The van der Waals surface area contributed by atoms with Crippen molar-refractivity contribution >= 4 is 17.7 Å². The van der Waals surface area contributed by atoms with Gasteiger partial charge in [-0.15, -0.1) is 0 Å². The van der Waals surface area contributed by atoms with Crippen LogP contribution in [0.5, 0.6) is 11.5 Å². The van der Waals surface area contributed by atoms with Crippen molar-refractivity contribution in [3.05, 3.63) is 41.2 Å². The Kier molecular flexibility index (Phi) is 7.51. The molecule has 3 aliphatic rings. The maximum Gasteiger partial charge on any atom is 0.231 e. The van der Waals surface area contributed by atoms with Gasteiger partial charge in [0.15, 0.2) is 16.7 Å². The van der Waals surface area contributed by atoms with Crippen LogP contribution < -0.4 is 9.47 Å². The van der Waals surface area contributed by atoms with Gasteiger partial charge in [-0.05, 0) is 43.0 Å². The van der Waals surface area contributed by atoms with E-state index in [1.807, 2.05) is 29.3 Å². The zero-order chi connectivity index (χ0) is 23.3. The number of benzene rings is 1. The summed E-state index contributed by atoms with van der Waals surface area (Å²) in [6, 6.07) is 5.74. The standard InChI is InChI=1S/C25H32N4O4S/c1-18-15-26-25(34-12-9-28-7-10-31-11-8-28)27-24(18)20-3-2-6-29(16-20)23(30)14-19-4-5-21-22(13-19)33-17-32-21/h4-5,13,15,20H,2-3,6-12,14,16-17H2,1H3/t20-/m0/s1. The minimum absolute atomic E-state index is 0.149. The predicted octanol–water partition coefficient (Wildman–Crippen LogP) is 2.89. The topological polar surface area (TPSA) is 77.0 Å². The van der Waals surface area contributed by atoms with Crippen molar-refractivity contribution in [1.29, 1.82) is 0 Å². The lowest BCUT2D eigenvalue weighted by molar-refractivity contribution is -0.131. The SMILES string of the molecule is Cc1cnc(SCCN2CCOCC2)nc1[C@H]1CCCN(C(=O)Cc2ccc3c(c2)OCO3)C1. The van der Waals surface area contributed by atoms with Crippen LogP contribution in [0.1, 0.15) is 35.6 Å². The number of carbonyl (C=O) groups excluding carboxylic acids is 1. The Bertz CT molecular complexity index is 1010. The average Bonchev–Trinajstić information content (AvgIpc) is 3.34. The first kappa shape index (κ1) is 23.4. The van der Waals surface area contributed by atoms with Crippen LogP contribution in [0.2, 0.25) is 0 Å². The van der Waals surface area contributed by atoms with Crippen molar-refractivity contribution in [3.8, 4) is 11.5 Å². The van der Waals surface area contributed by atoms with Crippen LogP contribution in [0.15, 0.2) is 29.6 Å². The average molecular weight is 485 g/mol.